The second-order valence-electron chi connectivity index (χ2n) is 4.31. The second kappa shape index (κ2) is 5.92. The van der Waals surface area contributed by atoms with Gasteiger partial charge in [0.15, 0.2) is 0 Å². The summed E-state index contributed by atoms with van der Waals surface area (Å²) in [4.78, 5) is 11.0. The van der Waals surface area contributed by atoms with E-state index in [1.165, 1.54) is 12.1 Å². The molecule has 20 heavy (non-hydrogen) atoms. The Balaban J connectivity index is 2.18. The molecule has 0 spiro atoms. The Kier molecular flexibility index (Phi) is 4.25. The molecule has 2 aromatic carbocycles. The van der Waals surface area contributed by atoms with Crippen molar-refractivity contribution in [3.05, 3.63) is 63.9 Å². The van der Waals surface area contributed by atoms with Crippen molar-refractivity contribution in [3.8, 4) is 5.75 Å². The highest BCUT2D eigenvalue weighted by Crippen LogP contribution is 2.22. The highest BCUT2D eigenvalue weighted by molar-refractivity contribution is 6.31. The van der Waals surface area contributed by atoms with Crippen LogP contribution in [0.2, 0.25) is 5.02 Å². The van der Waals surface area contributed by atoms with Gasteiger partial charge < -0.3 is 9.84 Å². The zero-order valence-electron chi connectivity index (χ0n) is 10.7. The van der Waals surface area contributed by atoms with Gasteiger partial charge in [-0.15, -0.1) is 0 Å². The van der Waals surface area contributed by atoms with Crippen molar-refractivity contribution in [3.63, 3.8) is 0 Å². The third kappa shape index (κ3) is 3.27. The normalized spacial score (nSPS) is 10.3. The van der Waals surface area contributed by atoms with Gasteiger partial charge in [-0.3, -0.25) is 0 Å². The third-order valence-electron chi connectivity index (χ3n) is 2.83. The van der Waals surface area contributed by atoms with Gasteiger partial charge in [0.1, 0.15) is 18.2 Å². The smallest absolute Gasteiger partial charge is 0.336 e. The number of rotatable bonds is 4. The van der Waals surface area contributed by atoms with E-state index in [-0.39, 0.29) is 12.2 Å². The lowest BCUT2D eigenvalue weighted by Crippen LogP contribution is -2.06. The summed E-state index contributed by atoms with van der Waals surface area (Å²) in [6.45, 7) is 1.89. The van der Waals surface area contributed by atoms with Gasteiger partial charge in [-0.05, 0) is 42.8 Å². The second-order valence-corrected chi connectivity index (χ2v) is 4.71. The van der Waals surface area contributed by atoms with Gasteiger partial charge in [0, 0.05) is 10.6 Å². The van der Waals surface area contributed by atoms with E-state index in [0.717, 1.165) is 11.6 Å². The van der Waals surface area contributed by atoms with Gasteiger partial charge in [0.2, 0.25) is 0 Å². The number of carboxylic acids is 1. The fourth-order valence-electron chi connectivity index (χ4n) is 1.74. The van der Waals surface area contributed by atoms with E-state index in [9.17, 15) is 9.18 Å². The largest absolute Gasteiger partial charge is 0.489 e. The SMILES string of the molecule is Cc1cc(OCc2ccc(F)cc2C(=O)O)ccc1Cl. The first-order valence-electron chi connectivity index (χ1n) is 5.88. The van der Waals surface area contributed by atoms with Gasteiger partial charge >= 0.3 is 5.97 Å². The summed E-state index contributed by atoms with van der Waals surface area (Å²) < 4.78 is 18.6. The topological polar surface area (TPSA) is 46.5 Å². The van der Waals surface area contributed by atoms with Gasteiger partial charge in [-0.25, -0.2) is 9.18 Å². The Hall–Kier alpha value is -2.07. The van der Waals surface area contributed by atoms with Crippen LogP contribution in [0.4, 0.5) is 4.39 Å². The molecule has 1 N–H and O–H groups in total. The minimum Gasteiger partial charge on any atom is -0.489 e. The number of halogens is 2. The van der Waals surface area contributed by atoms with Crippen LogP contribution in [-0.4, -0.2) is 11.1 Å². The molecule has 104 valence electrons. The molecule has 0 saturated heterocycles. The molecule has 0 heterocycles. The zero-order chi connectivity index (χ0) is 14.7. The van der Waals surface area contributed by atoms with E-state index in [0.29, 0.717) is 16.3 Å². The fraction of sp³-hybridized carbons (Fsp3) is 0.133. The average molecular weight is 295 g/mol. The molecule has 0 saturated carbocycles. The average Bonchev–Trinajstić information content (AvgIpc) is 2.41. The number of aryl methyl sites for hydroxylation is 1. The molecule has 0 amide bonds. The van der Waals surface area contributed by atoms with Gasteiger partial charge in [-0.2, -0.15) is 0 Å². The monoisotopic (exact) mass is 294 g/mol. The lowest BCUT2D eigenvalue weighted by Gasteiger charge is -2.10. The Bertz CT molecular complexity index is 656. The molecule has 0 aliphatic rings. The first-order valence-corrected chi connectivity index (χ1v) is 6.26. The van der Waals surface area contributed by atoms with Crippen molar-refractivity contribution in [2.24, 2.45) is 0 Å². The first-order chi connectivity index (χ1) is 9.47. The molecular formula is C15H12ClFO3. The molecule has 0 bridgehead atoms. The summed E-state index contributed by atoms with van der Waals surface area (Å²) >= 11 is 5.91. The number of aromatic carboxylic acids is 1. The minimum atomic E-state index is -1.18. The number of ether oxygens (including phenoxy) is 1. The van der Waals surface area contributed by atoms with Crippen LogP contribution in [0.15, 0.2) is 36.4 Å². The molecular weight excluding hydrogens is 283 g/mol. The van der Waals surface area contributed by atoms with E-state index in [2.05, 4.69) is 0 Å². The number of hydrogen-bond acceptors (Lipinski definition) is 2. The highest BCUT2D eigenvalue weighted by atomic mass is 35.5. The summed E-state index contributed by atoms with van der Waals surface area (Å²) in [5.41, 5.74) is 1.17. The predicted molar refractivity (Wildman–Crippen MR) is 73.9 cm³/mol. The maximum Gasteiger partial charge on any atom is 0.336 e. The summed E-state index contributed by atoms with van der Waals surface area (Å²) in [5.74, 6) is -1.20. The third-order valence-corrected chi connectivity index (χ3v) is 3.25. The molecule has 0 unspecified atom stereocenters. The minimum absolute atomic E-state index is 0.0446. The first kappa shape index (κ1) is 14.3. The summed E-state index contributed by atoms with van der Waals surface area (Å²) in [7, 11) is 0. The Labute approximate surface area is 120 Å². The summed E-state index contributed by atoms with van der Waals surface area (Å²) in [6.07, 6.45) is 0. The molecule has 5 heteroatoms. The number of benzene rings is 2. The standard InChI is InChI=1S/C15H12ClFO3/c1-9-6-12(4-5-14(9)16)20-8-10-2-3-11(17)7-13(10)15(18)19/h2-7H,8H2,1H3,(H,18,19). The van der Waals surface area contributed by atoms with Crippen LogP contribution in [0.25, 0.3) is 0 Å². The van der Waals surface area contributed by atoms with Crippen LogP contribution < -0.4 is 4.74 Å². The molecule has 2 aromatic rings. The van der Waals surface area contributed by atoms with E-state index >= 15 is 0 Å². The maximum atomic E-state index is 13.0. The van der Waals surface area contributed by atoms with Crippen LogP contribution in [0.3, 0.4) is 0 Å². The lowest BCUT2D eigenvalue weighted by molar-refractivity contribution is 0.0693. The molecule has 0 aromatic heterocycles. The van der Waals surface area contributed by atoms with Gasteiger partial charge in [0.05, 0.1) is 5.56 Å². The quantitative estimate of drug-likeness (QED) is 0.925. The predicted octanol–water partition coefficient (Wildman–Crippen LogP) is 4.06. The summed E-state index contributed by atoms with van der Waals surface area (Å²) in [6, 6.07) is 8.74. The van der Waals surface area contributed by atoms with Crippen LogP contribution in [0.1, 0.15) is 21.5 Å². The molecule has 0 aliphatic carbocycles. The molecule has 0 atom stereocenters. The van der Waals surface area contributed by atoms with E-state index in [4.69, 9.17) is 21.4 Å². The van der Waals surface area contributed by atoms with Crippen LogP contribution in [0, 0.1) is 12.7 Å². The lowest BCUT2D eigenvalue weighted by atomic mass is 10.1. The van der Waals surface area contributed by atoms with Crippen LogP contribution >= 0.6 is 11.6 Å². The van der Waals surface area contributed by atoms with Gasteiger partial charge in [-0.1, -0.05) is 17.7 Å². The molecule has 0 fully saturated rings. The van der Waals surface area contributed by atoms with Crippen molar-refractivity contribution in [2.75, 3.05) is 0 Å². The van der Waals surface area contributed by atoms with Crippen LogP contribution in [-0.2, 0) is 6.61 Å². The van der Waals surface area contributed by atoms with Gasteiger partial charge in [0.25, 0.3) is 0 Å². The fourth-order valence-corrected chi connectivity index (χ4v) is 1.86. The highest BCUT2D eigenvalue weighted by Gasteiger charge is 2.12. The Morgan fingerprint density at radius 1 is 1.30 bits per heavy atom. The van der Waals surface area contributed by atoms with E-state index in [1.807, 2.05) is 6.92 Å². The van der Waals surface area contributed by atoms with Crippen molar-refractivity contribution in [1.82, 2.24) is 0 Å². The molecule has 2 rings (SSSR count). The van der Waals surface area contributed by atoms with Crippen molar-refractivity contribution in [2.45, 2.75) is 13.5 Å². The Morgan fingerprint density at radius 3 is 2.70 bits per heavy atom. The van der Waals surface area contributed by atoms with Crippen molar-refractivity contribution < 1.29 is 19.0 Å². The number of hydrogen-bond donors (Lipinski definition) is 1. The van der Waals surface area contributed by atoms with E-state index < -0.39 is 11.8 Å². The number of carboxylic acid groups (broad SMARTS) is 1. The maximum absolute atomic E-state index is 13.0. The molecule has 0 aliphatic heterocycles. The number of carbonyl (C=O) groups is 1. The zero-order valence-corrected chi connectivity index (χ0v) is 11.4. The van der Waals surface area contributed by atoms with Crippen molar-refractivity contribution in [1.29, 1.82) is 0 Å². The molecule has 3 nitrogen and oxygen atoms in total. The van der Waals surface area contributed by atoms with Crippen molar-refractivity contribution >= 4 is 17.6 Å². The van der Waals surface area contributed by atoms with E-state index in [1.54, 1.807) is 18.2 Å². The molecule has 0 radical (unpaired) electrons. The summed E-state index contributed by atoms with van der Waals surface area (Å²) in [5, 5.41) is 9.66. The van der Waals surface area contributed by atoms with Crippen LogP contribution in [0.5, 0.6) is 5.75 Å². The Morgan fingerprint density at radius 2 is 2.05 bits per heavy atom.